The van der Waals surface area contributed by atoms with Crippen LogP contribution in [0.1, 0.15) is 17.8 Å². The molecule has 4 rings (SSSR count). The van der Waals surface area contributed by atoms with Gasteiger partial charge in [-0.1, -0.05) is 30.3 Å². The van der Waals surface area contributed by atoms with Gasteiger partial charge < -0.3 is 15.5 Å². The van der Waals surface area contributed by atoms with Crippen molar-refractivity contribution >= 4 is 34.6 Å². The summed E-state index contributed by atoms with van der Waals surface area (Å²) in [5.74, 6) is -0.0966. The van der Waals surface area contributed by atoms with E-state index in [1.165, 1.54) is 0 Å². The first kappa shape index (κ1) is 20.1. The highest BCUT2D eigenvalue weighted by Crippen LogP contribution is 2.25. The fourth-order valence-corrected chi connectivity index (χ4v) is 4.19. The van der Waals surface area contributed by atoms with Gasteiger partial charge in [-0.25, -0.2) is 9.78 Å². The lowest BCUT2D eigenvalue weighted by atomic mass is 9.96. The van der Waals surface area contributed by atoms with E-state index < -0.39 is 0 Å². The van der Waals surface area contributed by atoms with Crippen molar-refractivity contribution in [1.82, 2.24) is 9.88 Å². The Bertz CT molecular complexity index is 1030. The zero-order valence-corrected chi connectivity index (χ0v) is 17.6. The molecule has 2 aromatic carbocycles. The highest BCUT2D eigenvalue weighted by molar-refractivity contribution is 7.09. The monoisotopic (exact) mass is 420 g/mol. The van der Waals surface area contributed by atoms with Crippen molar-refractivity contribution in [3.05, 3.63) is 65.0 Å². The second-order valence-electron chi connectivity index (χ2n) is 7.38. The molecular weight excluding hydrogens is 396 g/mol. The van der Waals surface area contributed by atoms with Crippen molar-refractivity contribution in [3.8, 4) is 11.3 Å². The maximum absolute atomic E-state index is 12.7. The van der Waals surface area contributed by atoms with Gasteiger partial charge in [-0.15, -0.1) is 11.3 Å². The molecule has 1 fully saturated rings. The summed E-state index contributed by atoms with van der Waals surface area (Å²) in [4.78, 5) is 31.4. The van der Waals surface area contributed by atoms with E-state index in [0.717, 1.165) is 27.6 Å². The third-order valence-electron chi connectivity index (χ3n) is 5.22. The Kier molecular flexibility index (Phi) is 6.09. The van der Waals surface area contributed by atoms with Crippen molar-refractivity contribution in [3.63, 3.8) is 0 Å². The van der Waals surface area contributed by atoms with Gasteiger partial charge in [0.25, 0.3) is 0 Å². The summed E-state index contributed by atoms with van der Waals surface area (Å²) < 4.78 is 0. The molecule has 0 aliphatic carbocycles. The van der Waals surface area contributed by atoms with Crippen LogP contribution in [0.15, 0.2) is 60.0 Å². The predicted molar refractivity (Wildman–Crippen MR) is 121 cm³/mol. The molecule has 30 heavy (non-hydrogen) atoms. The Hall–Kier alpha value is -3.19. The van der Waals surface area contributed by atoms with Crippen LogP contribution >= 0.6 is 11.3 Å². The number of rotatable bonds is 4. The van der Waals surface area contributed by atoms with Gasteiger partial charge in [-0.05, 0) is 44.0 Å². The molecule has 6 nitrogen and oxygen atoms in total. The summed E-state index contributed by atoms with van der Waals surface area (Å²) in [7, 11) is 0. The van der Waals surface area contributed by atoms with Crippen LogP contribution in [0.2, 0.25) is 0 Å². The van der Waals surface area contributed by atoms with Crippen LogP contribution in [-0.4, -0.2) is 34.9 Å². The number of hydrogen-bond acceptors (Lipinski definition) is 4. The lowest BCUT2D eigenvalue weighted by molar-refractivity contribution is -0.121. The zero-order valence-electron chi connectivity index (χ0n) is 16.8. The van der Waals surface area contributed by atoms with Gasteiger partial charge in [-0.2, -0.15) is 0 Å². The highest BCUT2D eigenvalue weighted by atomic mass is 32.1. The number of aryl methyl sites for hydroxylation is 1. The molecule has 7 heteroatoms. The predicted octanol–water partition coefficient (Wildman–Crippen LogP) is 5.00. The number of para-hydroxylation sites is 1. The normalized spacial score (nSPS) is 14.4. The first-order chi connectivity index (χ1) is 14.6. The van der Waals surface area contributed by atoms with Gasteiger partial charge >= 0.3 is 6.03 Å². The first-order valence-electron chi connectivity index (χ1n) is 10.0. The molecule has 0 saturated carbocycles. The largest absolute Gasteiger partial charge is 0.326 e. The van der Waals surface area contributed by atoms with Gasteiger partial charge in [0.05, 0.1) is 10.7 Å². The third kappa shape index (κ3) is 4.86. The van der Waals surface area contributed by atoms with Crippen LogP contribution < -0.4 is 10.6 Å². The van der Waals surface area contributed by atoms with Crippen molar-refractivity contribution < 1.29 is 9.59 Å². The average molecular weight is 421 g/mol. The van der Waals surface area contributed by atoms with E-state index in [1.807, 2.05) is 66.9 Å². The average Bonchev–Trinajstić information content (AvgIpc) is 3.21. The number of piperidine rings is 1. The van der Waals surface area contributed by atoms with E-state index in [2.05, 4.69) is 15.6 Å². The van der Waals surface area contributed by atoms with Crippen molar-refractivity contribution in [2.75, 3.05) is 23.7 Å². The van der Waals surface area contributed by atoms with Crippen LogP contribution in [0.5, 0.6) is 0 Å². The molecule has 1 saturated heterocycles. The first-order valence-corrected chi connectivity index (χ1v) is 10.9. The maximum atomic E-state index is 12.7. The van der Waals surface area contributed by atoms with Crippen LogP contribution in [0, 0.1) is 12.8 Å². The minimum absolute atomic E-state index is 0.00438. The molecule has 154 valence electrons. The highest BCUT2D eigenvalue weighted by Gasteiger charge is 2.27. The summed E-state index contributed by atoms with van der Waals surface area (Å²) in [6.07, 6.45) is 1.30. The van der Waals surface area contributed by atoms with E-state index in [1.54, 1.807) is 16.2 Å². The van der Waals surface area contributed by atoms with E-state index in [9.17, 15) is 9.59 Å². The van der Waals surface area contributed by atoms with Crippen LogP contribution in [-0.2, 0) is 4.79 Å². The number of nitrogens with one attached hydrogen (secondary N) is 2. The Balaban J connectivity index is 1.31. The second kappa shape index (κ2) is 9.09. The number of nitrogens with zero attached hydrogens (tertiary/aromatic N) is 2. The summed E-state index contributed by atoms with van der Waals surface area (Å²) in [6, 6.07) is 17.0. The summed E-state index contributed by atoms with van der Waals surface area (Å²) in [5, 5.41) is 8.97. The minimum Gasteiger partial charge on any atom is -0.326 e. The van der Waals surface area contributed by atoms with E-state index in [4.69, 9.17) is 0 Å². The van der Waals surface area contributed by atoms with Gasteiger partial charge in [0.2, 0.25) is 5.91 Å². The van der Waals surface area contributed by atoms with Crippen molar-refractivity contribution in [1.29, 1.82) is 0 Å². The fraction of sp³-hybridized carbons (Fsp3) is 0.261. The topological polar surface area (TPSA) is 74.3 Å². The number of thiazole rings is 1. The van der Waals surface area contributed by atoms with Gasteiger partial charge in [0, 0.05) is 41.3 Å². The van der Waals surface area contributed by atoms with Crippen LogP contribution in [0.25, 0.3) is 11.3 Å². The van der Waals surface area contributed by atoms with E-state index >= 15 is 0 Å². The number of amides is 3. The minimum atomic E-state index is -0.119. The van der Waals surface area contributed by atoms with E-state index in [-0.39, 0.29) is 17.9 Å². The molecule has 2 heterocycles. The van der Waals surface area contributed by atoms with Crippen LogP contribution in [0.4, 0.5) is 16.2 Å². The van der Waals surface area contributed by atoms with Crippen molar-refractivity contribution in [2.45, 2.75) is 19.8 Å². The molecule has 0 bridgehead atoms. The van der Waals surface area contributed by atoms with E-state index in [0.29, 0.717) is 25.9 Å². The number of aromatic nitrogens is 1. The maximum Gasteiger partial charge on any atom is 0.321 e. The number of carbonyl (C=O) groups excluding carboxylic acids is 2. The molecule has 1 aliphatic heterocycles. The standard InChI is InChI=1S/C23H24N4O2S/c1-16-24-21(15-30-16)18-6-5-9-20(14-18)25-22(28)17-10-12-27(13-11-17)23(29)26-19-7-3-2-4-8-19/h2-9,14-15,17H,10-13H2,1H3,(H,25,28)(H,26,29). The van der Waals surface area contributed by atoms with Gasteiger partial charge in [0.1, 0.15) is 0 Å². The van der Waals surface area contributed by atoms with Gasteiger partial charge in [-0.3, -0.25) is 4.79 Å². The molecule has 0 radical (unpaired) electrons. The van der Waals surface area contributed by atoms with Crippen LogP contribution in [0.3, 0.4) is 0 Å². The number of likely N-dealkylation sites (tertiary alicyclic amines) is 1. The Morgan fingerprint density at radius 1 is 1.00 bits per heavy atom. The number of benzene rings is 2. The lowest BCUT2D eigenvalue weighted by Gasteiger charge is -2.31. The number of anilines is 2. The molecule has 2 N–H and O–H groups in total. The summed E-state index contributed by atoms with van der Waals surface area (Å²) >= 11 is 1.61. The molecule has 0 unspecified atom stereocenters. The molecule has 0 atom stereocenters. The Labute approximate surface area is 180 Å². The molecule has 3 aromatic rings. The Morgan fingerprint density at radius 3 is 2.43 bits per heavy atom. The number of hydrogen-bond donors (Lipinski definition) is 2. The summed E-state index contributed by atoms with van der Waals surface area (Å²) in [6.45, 7) is 3.11. The molecule has 0 spiro atoms. The summed E-state index contributed by atoms with van der Waals surface area (Å²) in [5.41, 5.74) is 3.46. The molecular formula is C23H24N4O2S. The zero-order chi connectivity index (χ0) is 20.9. The number of carbonyl (C=O) groups is 2. The fourth-order valence-electron chi connectivity index (χ4n) is 3.57. The molecule has 1 aromatic heterocycles. The molecule has 1 aliphatic rings. The Morgan fingerprint density at radius 2 is 1.73 bits per heavy atom. The second-order valence-corrected chi connectivity index (χ2v) is 8.44. The number of urea groups is 1. The lowest BCUT2D eigenvalue weighted by Crippen LogP contribution is -2.43. The third-order valence-corrected chi connectivity index (χ3v) is 6.00. The quantitative estimate of drug-likeness (QED) is 0.624. The SMILES string of the molecule is Cc1nc(-c2cccc(NC(=O)C3CCN(C(=O)Nc4ccccc4)CC3)c2)cs1. The smallest absolute Gasteiger partial charge is 0.321 e. The van der Waals surface area contributed by atoms with Gasteiger partial charge in [0.15, 0.2) is 0 Å². The van der Waals surface area contributed by atoms with Crippen molar-refractivity contribution in [2.24, 2.45) is 5.92 Å². The molecule has 3 amide bonds.